The smallest absolute Gasteiger partial charge is 0.307 e. The van der Waals surface area contributed by atoms with Crippen molar-refractivity contribution in [2.75, 3.05) is 40.0 Å². The van der Waals surface area contributed by atoms with Gasteiger partial charge >= 0.3 is 5.97 Å². The maximum Gasteiger partial charge on any atom is 0.307 e. The molecule has 170 valence electrons. The second-order valence-electron chi connectivity index (χ2n) is 8.10. The molecule has 2 N–H and O–H groups in total. The number of piperazine rings is 1. The molecule has 9 heteroatoms. The summed E-state index contributed by atoms with van der Waals surface area (Å²) in [6.45, 7) is 6.20. The van der Waals surface area contributed by atoms with Crippen molar-refractivity contribution in [3.05, 3.63) is 23.8 Å². The number of carbonyl (C=O) groups is 3. The lowest BCUT2D eigenvalue weighted by molar-refractivity contribution is -0.146. The molecular formula is C22H31N3O6. The van der Waals surface area contributed by atoms with Gasteiger partial charge in [0.05, 0.1) is 39.3 Å². The Bertz CT molecular complexity index is 812. The number of rotatable bonds is 7. The molecule has 0 bridgehead atoms. The summed E-state index contributed by atoms with van der Waals surface area (Å²) in [6, 6.07) is 4.77. The highest BCUT2D eigenvalue weighted by Crippen LogP contribution is 2.34. The van der Waals surface area contributed by atoms with Crippen molar-refractivity contribution >= 4 is 17.8 Å². The van der Waals surface area contributed by atoms with E-state index in [9.17, 15) is 14.4 Å². The van der Waals surface area contributed by atoms with E-state index in [1.54, 1.807) is 4.90 Å². The normalized spacial score (nSPS) is 19.9. The largest absolute Gasteiger partial charge is 0.490 e. The van der Waals surface area contributed by atoms with Gasteiger partial charge in [-0.05, 0) is 23.6 Å². The van der Waals surface area contributed by atoms with Crippen LogP contribution in [0.15, 0.2) is 18.2 Å². The minimum absolute atomic E-state index is 0.0167. The molecule has 0 saturated carbocycles. The molecule has 1 saturated heterocycles. The van der Waals surface area contributed by atoms with Gasteiger partial charge in [0.2, 0.25) is 11.8 Å². The van der Waals surface area contributed by atoms with Crippen LogP contribution in [0.5, 0.6) is 11.5 Å². The Balaban J connectivity index is 1.70. The lowest BCUT2D eigenvalue weighted by Crippen LogP contribution is -2.58. The molecule has 1 aromatic carbocycles. The molecule has 2 atom stereocenters. The first-order valence-corrected chi connectivity index (χ1v) is 10.7. The van der Waals surface area contributed by atoms with Gasteiger partial charge in [-0.2, -0.15) is 0 Å². The van der Waals surface area contributed by atoms with E-state index in [4.69, 9.17) is 14.2 Å². The van der Waals surface area contributed by atoms with E-state index >= 15 is 0 Å². The molecule has 0 spiro atoms. The van der Waals surface area contributed by atoms with Crippen molar-refractivity contribution in [2.24, 2.45) is 5.92 Å². The van der Waals surface area contributed by atoms with E-state index in [2.05, 4.69) is 10.6 Å². The fourth-order valence-electron chi connectivity index (χ4n) is 3.83. The van der Waals surface area contributed by atoms with E-state index in [1.807, 2.05) is 32.0 Å². The third-order valence-electron chi connectivity index (χ3n) is 5.49. The van der Waals surface area contributed by atoms with Crippen LogP contribution in [0.25, 0.3) is 0 Å². The number of nitrogens with zero attached hydrogens (tertiary/aromatic N) is 1. The van der Waals surface area contributed by atoms with Crippen molar-refractivity contribution in [1.29, 1.82) is 0 Å². The van der Waals surface area contributed by atoms with Gasteiger partial charge in [0.15, 0.2) is 11.5 Å². The summed E-state index contributed by atoms with van der Waals surface area (Å²) in [7, 11) is 1.28. The average Bonchev–Trinajstić information content (AvgIpc) is 2.99. The zero-order valence-electron chi connectivity index (χ0n) is 18.3. The molecule has 2 amide bonds. The maximum absolute atomic E-state index is 12.9. The van der Waals surface area contributed by atoms with Crippen LogP contribution in [0.4, 0.5) is 0 Å². The van der Waals surface area contributed by atoms with Crippen LogP contribution in [0.2, 0.25) is 0 Å². The number of amides is 2. The molecule has 9 nitrogen and oxygen atoms in total. The summed E-state index contributed by atoms with van der Waals surface area (Å²) in [5, 5.41) is 5.82. The summed E-state index contributed by atoms with van der Waals surface area (Å²) in [6.07, 6.45) is 0.732. The maximum atomic E-state index is 12.9. The van der Waals surface area contributed by atoms with Gasteiger partial charge in [0, 0.05) is 19.5 Å². The Morgan fingerprint density at radius 1 is 1.26 bits per heavy atom. The van der Waals surface area contributed by atoms with Crippen molar-refractivity contribution in [1.82, 2.24) is 15.5 Å². The number of ether oxygens (including phenoxy) is 3. The zero-order chi connectivity index (χ0) is 22.4. The van der Waals surface area contributed by atoms with Gasteiger partial charge in [-0.1, -0.05) is 19.9 Å². The zero-order valence-corrected chi connectivity index (χ0v) is 18.3. The third kappa shape index (κ3) is 5.88. The van der Waals surface area contributed by atoms with Gasteiger partial charge in [0.1, 0.15) is 6.04 Å². The standard InChI is InChI=1S/C22H31N3O6/c1-14(2)21(15-5-6-17-18(11-15)31-10-4-9-30-17)24-19(26)13-25-8-7-23-22(28)16(25)12-20(27)29-3/h5-6,11,14,16,21H,4,7-10,12-13H2,1-3H3,(H,23,28)(H,24,26). The van der Waals surface area contributed by atoms with Crippen LogP contribution in [0.1, 0.15) is 38.3 Å². The van der Waals surface area contributed by atoms with Crippen molar-refractivity contribution in [3.63, 3.8) is 0 Å². The molecule has 0 aromatic heterocycles. The van der Waals surface area contributed by atoms with Crippen molar-refractivity contribution in [3.8, 4) is 11.5 Å². The number of hydrogen-bond donors (Lipinski definition) is 2. The Morgan fingerprint density at radius 2 is 2.00 bits per heavy atom. The number of esters is 1. The predicted molar refractivity (Wildman–Crippen MR) is 113 cm³/mol. The Labute approximate surface area is 182 Å². The van der Waals surface area contributed by atoms with Crippen molar-refractivity contribution < 1.29 is 28.6 Å². The number of fused-ring (bicyclic) bond motifs is 1. The number of methoxy groups -OCH3 is 1. The Kier molecular flexibility index (Phi) is 7.73. The van der Waals surface area contributed by atoms with E-state index in [0.29, 0.717) is 37.8 Å². The van der Waals surface area contributed by atoms with E-state index in [1.165, 1.54) is 7.11 Å². The van der Waals surface area contributed by atoms with E-state index < -0.39 is 12.0 Å². The molecule has 2 aliphatic heterocycles. The second kappa shape index (κ2) is 10.5. The molecule has 2 heterocycles. The molecule has 1 fully saturated rings. The lowest BCUT2D eigenvalue weighted by atomic mass is 9.95. The summed E-state index contributed by atoms with van der Waals surface area (Å²) >= 11 is 0. The summed E-state index contributed by atoms with van der Waals surface area (Å²) in [4.78, 5) is 38.5. The monoisotopic (exact) mass is 433 g/mol. The molecule has 31 heavy (non-hydrogen) atoms. The average molecular weight is 434 g/mol. The fourth-order valence-corrected chi connectivity index (χ4v) is 3.83. The first-order chi connectivity index (χ1) is 14.9. The van der Waals surface area contributed by atoms with Crippen LogP contribution in [-0.4, -0.2) is 68.7 Å². The van der Waals surface area contributed by atoms with Gasteiger partial charge < -0.3 is 24.8 Å². The first kappa shape index (κ1) is 22.9. The van der Waals surface area contributed by atoms with E-state index in [0.717, 1.165) is 12.0 Å². The minimum Gasteiger partial charge on any atom is -0.490 e. The number of hydrogen-bond acceptors (Lipinski definition) is 7. The van der Waals surface area contributed by atoms with Crippen molar-refractivity contribution in [2.45, 2.75) is 38.8 Å². The number of nitrogens with one attached hydrogen (secondary N) is 2. The molecule has 2 aliphatic rings. The highest BCUT2D eigenvalue weighted by atomic mass is 16.5. The van der Waals surface area contributed by atoms with Crippen LogP contribution >= 0.6 is 0 Å². The predicted octanol–water partition coefficient (Wildman–Crippen LogP) is 1.02. The van der Waals surface area contributed by atoms with Gasteiger partial charge in [-0.15, -0.1) is 0 Å². The van der Waals surface area contributed by atoms with Crippen LogP contribution in [0.3, 0.4) is 0 Å². The Hall–Kier alpha value is -2.81. The topological polar surface area (TPSA) is 106 Å². The number of carbonyl (C=O) groups excluding carboxylic acids is 3. The third-order valence-corrected chi connectivity index (χ3v) is 5.49. The second-order valence-corrected chi connectivity index (χ2v) is 8.10. The first-order valence-electron chi connectivity index (χ1n) is 10.7. The molecular weight excluding hydrogens is 402 g/mol. The molecule has 2 unspecified atom stereocenters. The lowest BCUT2D eigenvalue weighted by Gasteiger charge is -2.34. The Morgan fingerprint density at radius 3 is 2.71 bits per heavy atom. The SMILES string of the molecule is COC(=O)CC1C(=O)NCCN1CC(=O)NC(c1ccc2c(c1)OCCCO2)C(C)C. The fraction of sp³-hybridized carbons (Fsp3) is 0.591. The quantitative estimate of drug-likeness (QED) is 0.619. The summed E-state index contributed by atoms with van der Waals surface area (Å²) in [5.74, 6) is 0.549. The van der Waals surface area contributed by atoms with Crippen LogP contribution in [0, 0.1) is 5.92 Å². The van der Waals surface area contributed by atoms with Gasteiger partial charge in [0.25, 0.3) is 0 Å². The van der Waals surface area contributed by atoms with E-state index in [-0.39, 0.29) is 36.7 Å². The van der Waals surface area contributed by atoms with Gasteiger partial charge in [-0.25, -0.2) is 0 Å². The molecule has 1 aromatic rings. The number of benzene rings is 1. The van der Waals surface area contributed by atoms with Gasteiger partial charge in [-0.3, -0.25) is 19.3 Å². The molecule has 0 aliphatic carbocycles. The molecule has 3 rings (SSSR count). The highest BCUT2D eigenvalue weighted by Gasteiger charge is 2.33. The van der Waals surface area contributed by atoms with Crippen LogP contribution < -0.4 is 20.1 Å². The summed E-state index contributed by atoms with van der Waals surface area (Å²) < 4.78 is 16.2. The minimum atomic E-state index is -0.720. The summed E-state index contributed by atoms with van der Waals surface area (Å²) in [5.41, 5.74) is 0.926. The molecule has 0 radical (unpaired) electrons. The van der Waals surface area contributed by atoms with Crippen LogP contribution in [-0.2, 0) is 19.1 Å². The highest BCUT2D eigenvalue weighted by molar-refractivity contribution is 5.88.